The van der Waals surface area contributed by atoms with Crippen LogP contribution in [-0.2, 0) is 0 Å². The Labute approximate surface area is 90.0 Å². The third-order valence-corrected chi connectivity index (χ3v) is 1.90. The molecule has 1 rings (SSSR count). The van der Waals surface area contributed by atoms with E-state index in [1.165, 1.54) is 0 Å². The van der Waals surface area contributed by atoms with Crippen molar-refractivity contribution >= 4 is 17.7 Å². The lowest BCUT2D eigenvalue weighted by Crippen LogP contribution is -2.00. The molecular weight excluding hydrogens is 188 g/mol. The van der Waals surface area contributed by atoms with Gasteiger partial charge in [-0.25, -0.2) is 9.97 Å². The number of nitrogen functional groups attached to an aromatic ring is 1. The van der Waals surface area contributed by atoms with Crippen molar-refractivity contribution in [3.8, 4) is 0 Å². The van der Waals surface area contributed by atoms with E-state index in [1.807, 2.05) is 33.1 Å². The van der Waals surface area contributed by atoms with Gasteiger partial charge >= 0.3 is 0 Å². The minimum absolute atomic E-state index is 0.476. The zero-order valence-corrected chi connectivity index (χ0v) is 9.36. The topological polar surface area (TPSA) is 64.2 Å². The van der Waals surface area contributed by atoms with Crippen molar-refractivity contribution in [1.82, 2.24) is 9.97 Å². The lowest BCUT2D eigenvalue weighted by atomic mass is 10.2. The minimum atomic E-state index is 0.476. The second-order valence-electron chi connectivity index (χ2n) is 3.11. The van der Waals surface area contributed by atoms with Crippen LogP contribution in [-0.4, -0.2) is 16.2 Å². The molecule has 0 aliphatic heterocycles. The molecule has 4 nitrogen and oxygen atoms in total. The van der Waals surface area contributed by atoms with Crippen LogP contribution in [0, 0.1) is 6.92 Å². The fraction of sp³-hybridized carbons (Fsp3) is 0.364. The summed E-state index contributed by atoms with van der Waals surface area (Å²) >= 11 is 0. The van der Waals surface area contributed by atoms with Gasteiger partial charge in [0, 0.05) is 12.4 Å². The maximum absolute atomic E-state index is 5.80. The summed E-state index contributed by atoms with van der Waals surface area (Å²) in [6.45, 7) is 5.76. The molecule has 0 aliphatic carbocycles. The Morgan fingerprint density at radius 1 is 1.60 bits per heavy atom. The quantitative estimate of drug-likeness (QED) is 0.768. The van der Waals surface area contributed by atoms with Gasteiger partial charge in [-0.05, 0) is 20.3 Å². The first kappa shape index (κ1) is 11.4. The summed E-state index contributed by atoms with van der Waals surface area (Å²) in [5.74, 6) is 1.15. The highest BCUT2D eigenvalue weighted by Crippen LogP contribution is 2.19. The molecule has 4 heteroatoms. The Hall–Kier alpha value is -1.71. The monoisotopic (exact) mass is 204 g/mol. The molecule has 0 saturated carbocycles. The summed E-state index contributed by atoms with van der Waals surface area (Å²) in [5, 5.41) is 0. The molecule has 1 aromatic rings. The van der Waals surface area contributed by atoms with Crippen molar-refractivity contribution in [1.29, 1.82) is 0 Å². The maximum atomic E-state index is 5.80. The van der Waals surface area contributed by atoms with Gasteiger partial charge in [0.25, 0.3) is 0 Å². The normalized spacial score (nSPS) is 12.3. The fourth-order valence-corrected chi connectivity index (χ4v) is 1.17. The second kappa shape index (κ2) is 5.24. The van der Waals surface area contributed by atoms with E-state index in [4.69, 9.17) is 5.73 Å². The van der Waals surface area contributed by atoms with Gasteiger partial charge < -0.3 is 5.73 Å². The van der Waals surface area contributed by atoms with E-state index in [0.29, 0.717) is 11.6 Å². The standard InChI is InChI=1S/C11H16N4/c1-4-6-13-10(5-2)9-7-14-8(3)15-11(9)12/h5-7H,4H2,1-3H3,(H2,12,14,15)/b10-5-,13-6?. The van der Waals surface area contributed by atoms with Crippen LogP contribution in [0.15, 0.2) is 17.3 Å². The van der Waals surface area contributed by atoms with Crippen LogP contribution in [0.4, 0.5) is 5.82 Å². The van der Waals surface area contributed by atoms with Crippen LogP contribution in [0.2, 0.25) is 0 Å². The molecule has 0 fully saturated rings. The van der Waals surface area contributed by atoms with Gasteiger partial charge in [0.05, 0.1) is 11.3 Å². The molecule has 80 valence electrons. The van der Waals surface area contributed by atoms with E-state index < -0.39 is 0 Å². The lowest BCUT2D eigenvalue weighted by Gasteiger charge is -2.04. The number of hydrogen-bond acceptors (Lipinski definition) is 4. The summed E-state index contributed by atoms with van der Waals surface area (Å²) in [5.41, 5.74) is 7.40. The van der Waals surface area contributed by atoms with Crippen LogP contribution in [0.3, 0.4) is 0 Å². The number of nitrogens with zero attached hydrogens (tertiary/aromatic N) is 3. The van der Waals surface area contributed by atoms with Gasteiger partial charge in [-0.15, -0.1) is 0 Å². The van der Waals surface area contributed by atoms with E-state index in [-0.39, 0.29) is 0 Å². The number of aliphatic imine (C=N–C) groups is 1. The number of rotatable bonds is 3. The number of hydrogen-bond donors (Lipinski definition) is 1. The summed E-state index contributed by atoms with van der Waals surface area (Å²) in [6.07, 6.45) is 6.34. The number of aromatic nitrogens is 2. The average molecular weight is 204 g/mol. The fourth-order valence-electron chi connectivity index (χ4n) is 1.17. The zero-order valence-electron chi connectivity index (χ0n) is 9.36. The smallest absolute Gasteiger partial charge is 0.136 e. The summed E-state index contributed by atoms with van der Waals surface area (Å²) in [6, 6.07) is 0. The van der Waals surface area contributed by atoms with E-state index in [1.54, 1.807) is 6.20 Å². The first-order valence-corrected chi connectivity index (χ1v) is 4.97. The largest absolute Gasteiger partial charge is 0.383 e. The third-order valence-electron chi connectivity index (χ3n) is 1.90. The van der Waals surface area contributed by atoms with E-state index in [2.05, 4.69) is 15.0 Å². The summed E-state index contributed by atoms with van der Waals surface area (Å²) in [7, 11) is 0. The predicted molar refractivity (Wildman–Crippen MR) is 63.6 cm³/mol. The van der Waals surface area contributed by atoms with Gasteiger partial charge in [-0.3, -0.25) is 4.99 Å². The molecule has 1 aromatic heterocycles. The molecule has 0 bridgehead atoms. The van der Waals surface area contributed by atoms with Gasteiger partial charge in [0.15, 0.2) is 0 Å². The number of anilines is 1. The van der Waals surface area contributed by atoms with Gasteiger partial charge in [0.2, 0.25) is 0 Å². The van der Waals surface area contributed by atoms with Crippen LogP contribution < -0.4 is 5.73 Å². The third kappa shape index (κ3) is 2.87. The SMILES string of the molecule is C/C=C(\N=CCC)c1cnc(C)nc1N. The molecule has 0 unspecified atom stereocenters. The highest BCUT2D eigenvalue weighted by atomic mass is 14.9. The Bertz CT molecular complexity index is 394. The molecule has 0 radical (unpaired) electrons. The van der Waals surface area contributed by atoms with Crippen LogP contribution in [0.25, 0.3) is 5.70 Å². The first-order chi connectivity index (χ1) is 7.19. The molecular formula is C11H16N4. The zero-order chi connectivity index (χ0) is 11.3. The van der Waals surface area contributed by atoms with E-state index in [9.17, 15) is 0 Å². The molecule has 0 amide bonds. The Balaban J connectivity index is 3.08. The van der Waals surface area contributed by atoms with Crippen molar-refractivity contribution in [3.05, 3.63) is 23.7 Å². The van der Waals surface area contributed by atoms with Crippen molar-refractivity contribution in [3.63, 3.8) is 0 Å². The number of nitrogens with two attached hydrogens (primary N) is 1. The maximum Gasteiger partial charge on any atom is 0.136 e. The van der Waals surface area contributed by atoms with Crippen molar-refractivity contribution in [2.24, 2.45) is 4.99 Å². The van der Waals surface area contributed by atoms with Crippen LogP contribution in [0.5, 0.6) is 0 Å². The van der Waals surface area contributed by atoms with E-state index >= 15 is 0 Å². The average Bonchev–Trinajstić information content (AvgIpc) is 2.21. The second-order valence-corrected chi connectivity index (χ2v) is 3.11. The van der Waals surface area contributed by atoms with Crippen molar-refractivity contribution < 1.29 is 0 Å². The molecule has 0 spiro atoms. The molecule has 0 atom stereocenters. The highest BCUT2D eigenvalue weighted by Gasteiger charge is 2.05. The van der Waals surface area contributed by atoms with Crippen LogP contribution >= 0.6 is 0 Å². The number of allylic oxidation sites excluding steroid dienone is 1. The van der Waals surface area contributed by atoms with Gasteiger partial charge in [0.1, 0.15) is 11.6 Å². The molecule has 1 heterocycles. The molecule has 15 heavy (non-hydrogen) atoms. The van der Waals surface area contributed by atoms with Crippen LogP contribution in [0.1, 0.15) is 31.7 Å². The highest BCUT2D eigenvalue weighted by molar-refractivity contribution is 5.77. The predicted octanol–water partition coefficient (Wildman–Crippen LogP) is 2.21. The molecule has 0 saturated heterocycles. The molecule has 2 N–H and O–H groups in total. The van der Waals surface area contributed by atoms with Crippen molar-refractivity contribution in [2.75, 3.05) is 5.73 Å². The Kier molecular flexibility index (Phi) is 3.97. The molecule has 0 aliphatic rings. The Morgan fingerprint density at radius 2 is 2.33 bits per heavy atom. The number of aryl methyl sites for hydroxylation is 1. The summed E-state index contributed by atoms with van der Waals surface area (Å²) < 4.78 is 0. The molecule has 0 aromatic carbocycles. The Morgan fingerprint density at radius 3 is 2.87 bits per heavy atom. The van der Waals surface area contributed by atoms with E-state index in [0.717, 1.165) is 17.7 Å². The minimum Gasteiger partial charge on any atom is -0.383 e. The first-order valence-electron chi connectivity index (χ1n) is 4.97. The lowest BCUT2D eigenvalue weighted by molar-refractivity contribution is 1.05. The summed E-state index contributed by atoms with van der Waals surface area (Å²) in [4.78, 5) is 12.5. The van der Waals surface area contributed by atoms with Crippen molar-refractivity contribution in [2.45, 2.75) is 27.2 Å². The van der Waals surface area contributed by atoms with Gasteiger partial charge in [-0.1, -0.05) is 13.0 Å². The van der Waals surface area contributed by atoms with Gasteiger partial charge in [-0.2, -0.15) is 0 Å².